The van der Waals surface area contributed by atoms with E-state index in [1.165, 1.54) is 5.56 Å². The first kappa shape index (κ1) is 26.0. The van der Waals surface area contributed by atoms with Crippen molar-refractivity contribution in [3.63, 3.8) is 0 Å². The Morgan fingerprint density at radius 3 is 2.41 bits per heavy atom. The second-order valence-electron chi connectivity index (χ2n) is 16.1. The van der Waals surface area contributed by atoms with E-state index in [4.69, 9.17) is 4.52 Å². The zero-order valence-corrected chi connectivity index (χ0v) is 24.2. The molecule has 1 aromatic heterocycles. The van der Waals surface area contributed by atoms with E-state index in [2.05, 4.69) is 53.6 Å². The smallest absolute Gasteiger partial charge is 0.145 e. The third-order valence-corrected chi connectivity index (χ3v) is 13.9. The minimum atomic E-state index is -0.740. The number of carbonyl (C=O) groups excluding carboxylic acids is 1. The molecule has 0 spiro atoms. The molecule has 4 saturated carbocycles. The van der Waals surface area contributed by atoms with E-state index < -0.39 is 6.10 Å². The highest BCUT2D eigenvalue weighted by Gasteiger charge is 2.72. The summed E-state index contributed by atoms with van der Waals surface area (Å²) >= 11 is 0. The molecule has 5 aliphatic carbocycles. The number of hydrogen-bond acceptors (Lipinski definition) is 5. The lowest BCUT2D eigenvalue weighted by Gasteiger charge is -2.72. The summed E-state index contributed by atoms with van der Waals surface area (Å²) in [6.07, 6.45) is 9.86. The molecule has 0 saturated heterocycles. The number of aromatic nitrogens is 1. The molecule has 6 rings (SSSR count). The fourth-order valence-electron chi connectivity index (χ4n) is 11.8. The van der Waals surface area contributed by atoms with Gasteiger partial charge in [-0.2, -0.15) is 0 Å². The second kappa shape index (κ2) is 7.71. The summed E-state index contributed by atoms with van der Waals surface area (Å²) in [6, 6.07) is 0. The van der Waals surface area contributed by atoms with Gasteiger partial charge in [-0.05, 0) is 90.8 Å². The quantitative estimate of drug-likeness (QED) is 0.501. The maximum Gasteiger partial charge on any atom is 0.145 e. The normalized spacial score (nSPS) is 48.6. The van der Waals surface area contributed by atoms with E-state index in [1.54, 1.807) is 0 Å². The average Bonchev–Trinajstić information content (AvgIpc) is 3.28. The summed E-state index contributed by atoms with van der Waals surface area (Å²) in [7, 11) is 0. The molecule has 4 fully saturated rings. The van der Waals surface area contributed by atoms with Gasteiger partial charge in [0.25, 0.3) is 0 Å². The molecule has 0 amide bonds. The number of aliphatic hydroxyl groups is 2. The Hall–Kier alpha value is -1.20. The summed E-state index contributed by atoms with van der Waals surface area (Å²) in [5.41, 5.74) is 0.928. The van der Waals surface area contributed by atoms with Crippen LogP contribution in [0.1, 0.15) is 111 Å². The first-order chi connectivity index (χ1) is 17.2. The largest absolute Gasteiger partial charge is 0.394 e. The summed E-state index contributed by atoms with van der Waals surface area (Å²) < 4.78 is 5.81. The Morgan fingerprint density at radius 1 is 1.00 bits per heavy atom. The van der Waals surface area contributed by atoms with Gasteiger partial charge in [-0.3, -0.25) is 4.79 Å². The van der Waals surface area contributed by atoms with Crippen molar-refractivity contribution in [2.24, 2.45) is 50.7 Å². The number of ketones is 1. The van der Waals surface area contributed by atoms with Crippen molar-refractivity contribution in [2.75, 3.05) is 6.61 Å². The van der Waals surface area contributed by atoms with Gasteiger partial charge >= 0.3 is 0 Å². The highest BCUT2D eigenvalue weighted by Crippen LogP contribution is 2.76. The van der Waals surface area contributed by atoms with Crippen LogP contribution in [0.2, 0.25) is 0 Å². The van der Waals surface area contributed by atoms with E-state index in [-0.39, 0.29) is 50.9 Å². The number of aliphatic hydroxyl groups excluding tert-OH is 2. The Labute approximate surface area is 223 Å². The minimum Gasteiger partial charge on any atom is -0.394 e. The van der Waals surface area contributed by atoms with E-state index in [0.717, 1.165) is 57.1 Å². The maximum atomic E-state index is 14.5. The van der Waals surface area contributed by atoms with Gasteiger partial charge in [0.15, 0.2) is 0 Å². The van der Waals surface area contributed by atoms with Crippen LogP contribution in [-0.2, 0) is 16.6 Å². The van der Waals surface area contributed by atoms with Gasteiger partial charge in [0.1, 0.15) is 11.5 Å². The average molecular weight is 512 g/mol. The van der Waals surface area contributed by atoms with Crippen LogP contribution in [0, 0.1) is 50.7 Å². The molecule has 206 valence electrons. The Kier molecular flexibility index (Phi) is 5.43. The lowest BCUT2D eigenvalue weighted by atomic mass is 9.31. The van der Waals surface area contributed by atoms with Gasteiger partial charge < -0.3 is 14.7 Å². The van der Waals surface area contributed by atoms with Crippen molar-refractivity contribution >= 4 is 5.78 Å². The van der Waals surface area contributed by atoms with Crippen molar-refractivity contribution in [2.45, 2.75) is 118 Å². The predicted molar refractivity (Wildman–Crippen MR) is 143 cm³/mol. The van der Waals surface area contributed by atoms with Crippen molar-refractivity contribution in [3.8, 4) is 0 Å². The standard InChI is InChI=1S/C32H49NO4/c1-27(2)10-12-32(24(36)18-34)13-11-31(7)25(20(32)16-27)21(35)14-23-29(5)15-19-17-33-37-26(19)28(3,4)22(29)8-9-30(23,31)6/h17,20,22-25,34,36H,8-16,18H2,1-7H3/t20-,22-,23+,24+,25-,29-,30+,31+,32-/m0/s1. The zero-order chi connectivity index (χ0) is 26.8. The summed E-state index contributed by atoms with van der Waals surface area (Å²) in [6.45, 7) is 16.6. The Bertz CT molecular complexity index is 1110. The molecule has 0 aliphatic heterocycles. The van der Waals surface area contributed by atoms with E-state index >= 15 is 0 Å². The Morgan fingerprint density at radius 2 is 1.70 bits per heavy atom. The number of rotatable bonds is 2. The van der Waals surface area contributed by atoms with Crippen molar-refractivity contribution in [3.05, 3.63) is 17.5 Å². The summed E-state index contributed by atoms with van der Waals surface area (Å²) in [5, 5.41) is 25.6. The highest BCUT2D eigenvalue weighted by molar-refractivity contribution is 5.84. The molecule has 0 bridgehead atoms. The fraction of sp³-hybridized carbons (Fsp3) is 0.875. The van der Waals surface area contributed by atoms with Gasteiger partial charge in [-0.1, -0.05) is 53.6 Å². The number of hydrogen-bond donors (Lipinski definition) is 2. The highest BCUT2D eigenvalue weighted by atomic mass is 16.5. The SMILES string of the molecule is CC1(C)CC[C@]2([C@H](O)CO)CC[C@]3(C)[C@H](C(=O)C[C@@H]4[C@@]5(C)Cc6cnoc6C(C)(C)[C@@H]5CC[C@]43C)[C@@H]2C1. The van der Waals surface area contributed by atoms with Gasteiger partial charge in [0, 0.05) is 28.7 Å². The lowest BCUT2D eigenvalue weighted by molar-refractivity contribution is -0.241. The molecule has 9 atom stereocenters. The molecule has 0 radical (unpaired) electrons. The van der Waals surface area contributed by atoms with Gasteiger partial charge in [-0.15, -0.1) is 0 Å². The van der Waals surface area contributed by atoms with Crippen LogP contribution in [0.3, 0.4) is 0 Å². The maximum absolute atomic E-state index is 14.5. The van der Waals surface area contributed by atoms with Gasteiger partial charge in [0.05, 0.1) is 18.9 Å². The molecule has 5 nitrogen and oxygen atoms in total. The molecule has 2 N–H and O–H groups in total. The van der Waals surface area contributed by atoms with E-state index in [9.17, 15) is 15.0 Å². The molecule has 37 heavy (non-hydrogen) atoms. The van der Waals surface area contributed by atoms with Crippen LogP contribution >= 0.6 is 0 Å². The number of fused-ring (bicyclic) bond motifs is 8. The van der Waals surface area contributed by atoms with E-state index in [1.807, 2.05) is 6.20 Å². The first-order valence-corrected chi connectivity index (χ1v) is 14.9. The molecule has 0 unspecified atom stereocenters. The zero-order valence-electron chi connectivity index (χ0n) is 24.2. The van der Waals surface area contributed by atoms with Gasteiger partial charge in [-0.25, -0.2) is 0 Å². The van der Waals surface area contributed by atoms with Crippen LogP contribution in [0.15, 0.2) is 10.7 Å². The van der Waals surface area contributed by atoms with Crippen LogP contribution in [0.4, 0.5) is 0 Å². The third kappa shape index (κ3) is 3.11. The molecule has 5 heteroatoms. The first-order valence-electron chi connectivity index (χ1n) is 14.9. The topological polar surface area (TPSA) is 83.6 Å². The van der Waals surface area contributed by atoms with Crippen molar-refractivity contribution in [1.29, 1.82) is 0 Å². The van der Waals surface area contributed by atoms with Crippen LogP contribution in [-0.4, -0.2) is 33.9 Å². The molecule has 1 aromatic rings. The number of carbonyl (C=O) groups is 1. The van der Waals surface area contributed by atoms with Crippen LogP contribution in [0.5, 0.6) is 0 Å². The molecule has 1 heterocycles. The third-order valence-electron chi connectivity index (χ3n) is 13.9. The Balaban J connectivity index is 1.45. The molecular weight excluding hydrogens is 462 g/mol. The van der Waals surface area contributed by atoms with Gasteiger partial charge in [0.2, 0.25) is 0 Å². The molecular formula is C32H49NO4. The molecule has 0 aromatic carbocycles. The monoisotopic (exact) mass is 511 g/mol. The minimum absolute atomic E-state index is 0.0175. The number of Topliss-reactive ketones (excluding diaryl/α,β-unsaturated/α-hetero) is 1. The van der Waals surface area contributed by atoms with Crippen LogP contribution < -0.4 is 0 Å². The van der Waals surface area contributed by atoms with Crippen molar-refractivity contribution in [1.82, 2.24) is 5.16 Å². The predicted octanol–water partition coefficient (Wildman–Crippen LogP) is 6.10. The summed E-state index contributed by atoms with van der Waals surface area (Å²) in [5.74, 6) is 2.36. The van der Waals surface area contributed by atoms with E-state index in [0.29, 0.717) is 24.0 Å². The lowest BCUT2D eigenvalue weighted by Crippen LogP contribution is -2.70. The van der Waals surface area contributed by atoms with Crippen LogP contribution in [0.25, 0.3) is 0 Å². The summed E-state index contributed by atoms with van der Waals surface area (Å²) in [4.78, 5) is 14.5. The van der Waals surface area contributed by atoms with Crippen molar-refractivity contribution < 1.29 is 19.5 Å². The molecule has 5 aliphatic rings. The second-order valence-corrected chi connectivity index (χ2v) is 16.1. The number of nitrogens with zero attached hydrogens (tertiary/aromatic N) is 1. The fourth-order valence-corrected chi connectivity index (χ4v) is 11.8.